The molecule has 4 aliphatic heterocycles. The number of thiocarbonyl (C=S) groups is 1. The number of hydrogen-bond acceptors (Lipinski definition) is 20. The summed E-state index contributed by atoms with van der Waals surface area (Å²) in [6.07, 6.45) is -0.279. The summed E-state index contributed by atoms with van der Waals surface area (Å²) in [6, 6.07) is 5.09. The highest BCUT2D eigenvalue weighted by Crippen LogP contribution is 2.49. The number of esters is 1. The van der Waals surface area contributed by atoms with Gasteiger partial charge in [-0.3, -0.25) is 34.1 Å². The van der Waals surface area contributed by atoms with E-state index in [0.717, 1.165) is 16.0 Å². The number of carbonyl (C=O) groups is 10. The van der Waals surface area contributed by atoms with Gasteiger partial charge in [-0.15, -0.1) is 5.06 Å². The van der Waals surface area contributed by atoms with E-state index >= 15 is 0 Å². The van der Waals surface area contributed by atoms with Gasteiger partial charge in [-0.2, -0.15) is 0 Å². The zero-order valence-corrected chi connectivity index (χ0v) is 55.4. The topological polar surface area (TPSA) is 376 Å². The molecule has 0 radical (unpaired) electrons. The van der Waals surface area contributed by atoms with Gasteiger partial charge in [0.05, 0.1) is 69.4 Å². The predicted octanol–water partition coefficient (Wildman–Crippen LogP) is 3.22. The summed E-state index contributed by atoms with van der Waals surface area (Å²) in [7, 11) is 5.70. The molecule has 6 rings (SSSR count). The van der Waals surface area contributed by atoms with Crippen molar-refractivity contribution in [1.29, 1.82) is 0 Å². The summed E-state index contributed by atoms with van der Waals surface area (Å²) < 4.78 is 40.6. The number of nitrogens with zero attached hydrogens (tertiary/aromatic N) is 3. The number of imide groups is 1. The minimum absolute atomic E-state index is 0.00922. The third kappa shape index (κ3) is 20.0. The van der Waals surface area contributed by atoms with Crippen LogP contribution >= 0.6 is 23.8 Å². The lowest BCUT2D eigenvalue weighted by Crippen LogP contribution is -2.63. The van der Waals surface area contributed by atoms with Gasteiger partial charge in [0.15, 0.2) is 10.8 Å². The number of methoxy groups -OCH3 is 2. The minimum Gasteiger partial charge on any atom is -0.495 e. The number of primary amides is 1. The van der Waals surface area contributed by atoms with Crippen LogP contribution in [0.5, 0.6) is 5.75 Å². The molecule has 3 saturated heterocycles. The van der Waals surface area contributed by atoms with E-state index in [1.807, 2.05) is 13.0 Å². The molecule has 4 bridgehead atoms. The van der Waals surface area contributed by atoms with Crippen molar-refractivity contribution in [2.45, 2.75) is 147 Å². The van der Waals surface area contributed by atoms with E-state index in [-0.39, 0.29) is 105 Å². The van der Waals surface area contributed by atoms with Crippen LogP contribution in [0, 0.1) is 11.8 Å². The van der Waals surface area contributed by atoms with Crippen LogP contribution in [0.15, 0.2) is 60.2 Å². The number of anilines is 2. The van der Waals surface area contributed by atoms with Crippen molar-refractivity contribution in [2.24, 2.45) is 17.6 Å². The number of aliphatic hydroxyl groups is 1. The molecule has 10 atom stereocenters. The molecule has 510 valence electrons. The monoisotopic (exact) mass is 1340 g/mol. The number of epoxide rings is 1. The molecule has 31 heteroatoms. The number of nitrogens with one attached hydrogen (secondary N) is 6. The standard InChI is InChI=1S/C62H85ClN10O19S/c1-34(2)52(69-59(93)66-24-26-88-28-27-87-25-22-50(77)92-73-47(74)20-21-48(73)75)55(79)68-41(18-14-23-65-58(64)82)54(78)67-40-17-12-11-16-39(40)56(80)71(7)37(5)57(81)90-46-32-49(76)72(8)42-30-38(31-43(85-9)51(42)63)29-35(3)15-13-19-45(86-10)62(84)33-44(89-60(83)70-62)36(4)53-61(46,6)91-53/h11-13,15-17,19,30-31,34,36-37,41,44-46,52-53,84H,14,18,20-29,32-33H2,1-10H3,(H,67,78)(H,68,79)(H,70,83)(H3,64,65,82)(H2,66,69,93)/b19-13+,35-15+/t36-,37+,41+,44+,45-,46+,52+,53+,61+,62+/m1/s1. The molecule has 93 heavy (non-hydrogen) atoms. The number of ether oxygens (including phenoxy) is 7. The number of likely N-dealkylation sites (N-methyl/N-ethyl adjacent to an activating group) is 1. The van der Waals surface area contributed by atoms with Crippen molar-refractivity contribution >= 4 is 99.8 Å². The largest absolute Gasteiger partial charge is 0.495 e. The van der Waals surface area contributed by atoms with Gasteiger partial charge in [-0.05, 0) is 88.0 Å². The molecule has 9 amide bonds. The molecule has 4 aliphatic rings. The number of nitrogens with two attached hydrogens (primary N) is 1. The summed E-state index contributed by atoms with van der Waals surface area (Å²) in [4.78, 5) is 139. The molecule has 2 aromatic carbocycles. The van der Waals surface area contributed by atoms with Gasteiger partial charge in [0.2, 0.25) is 17.7 Å². The molecule has 0 saturated carbocycles. The number of amides is 9. The Morgan fingerprint density at radius 1 is 0.946 bits per heavy atom. The maximum absolute atomic E-state index is 14.6. The Balaban J connectivity index is 1.12. The zero-order chi connectivity index (χ0) is 68.5. The molecule has 0 aliphatic carbocycles. The van der Waals surface area contributed by atoms with E-state index in [9.17, 15) is 53.1 Å². The lowest BCUT2D eigenvalue weighted by molar-refractivity contribution is -0.198. The molecule has 0 unspecified atom stereocenters. The molecule has 3 fully saturated rings. The average molecular weight is 1340 g/mol. The van der Waals surface area contributed by atoms with Gasteiger partial charge in [0.25, 0.3) is 17.7 Å². The van der Waals surface area contributed by atoms with Crippen LogP contribution in [0.1, 0.15) is 102 Å². The number of alkyl carbamates (subject to hydrolysis) is 1. The number of rotatable bonds is 26. The summed E-state index contributed by atoms with van der Waals surface area (Å²) in [5.74, 6) is -6.32. The van der Waals surface area contributed by atoms with Gasteiger partial charge in [0, 0.05) is 59.5 Å². The summed E-state index contributed by atoms with van der Waals surface area (Å²) in [6.45, 7) is 10.8. The Labute approximate surface area is 549 Å². The summed E-state index contributed by atoms with van der Waals surface area (Å²) in [5, 5.41) is 29.1. The van der Waals surface area contributed by atoms with Crippen LogP contribution in [-0.4, -0.2) is 201 Å². The molecule has 29 nitrogen and oxygen atoms in total. The van der Waals surface area contributed by atoms with Gasteiger partial charge in [0.1, 0.15) is 52.8 Å². The number of para-hydroxylation sites is 1. The van der Waals surface area contributed by atoms with Crippen molar-refractivity contribution in [2.75, 3.05) is 78.0 Å². The number of hydrogen-bond donors (Lipinski definition) is 8. The average Bonchev–Trinajstić information content (AvgIpc) is 1.57. The highest BCUT2D eigenvalue weighted by atomic mass is 35.5. The third-order valence-corrected chi connectivity index (χ3v) is 16.9. The van der Waals surface area contributed by atoms with Gasteiger partial charge in [-0.25, -0.2) is 19.2 Å². The van der Waals surface area contributed by atoms with Crippen LogP contribution in [0.4, 0.5) is 21.0 Å². The van der Waals surface area contributed by atoms with Crippen molar-refractivity contribution in [3.8, 4) is 5.75 Å². The van der Waals surface area contributed by atoms with Crippen molar-refractivity contribution in [3.63, 3.8) is 0 Å². The Bertz CT molecular complexity index is 3160. The van der Waals surface area contributed by atoms with Gasteiger partial charge in [-0.1, -0.05) is 68.3 Å². The maximum atomic E-state index is 14.6. The number of urea groups is 1. The number of carbonyl (C=O) groups excluding carboxylic acids is 10. The fourth-order valence-electron chi connectivity index (χ4n) is 10.7. The van der Waals surface area contributed by atoms with E-state index in [4.69, 9.17) is 67.5 Å². The number of halogens is 1. The van der Waals surface area contributed by atoms with Crippen LogP contribution in [0.25, 0.3) is 0 Å². The quantitative estimate of drug-likeness (QED) is 0.0220. The third-order valence-electron chi connectivity index (χ3n) is 16.3. The lowest BCUT2D eigenvalue weighted by Gasteiger charge is -2.42. The van der Waals surface area contributed by atoms with Crippen molar-refractivity contribution in [1.82, 2.24) is 36.5 Å². The first-order valence-corrected chi connectivity index (χ1v) is 31.2. The van der Waals surface area contributed by atoms with E-state index in [2.05, 4.69) is 31.9 Å². The second kappa shape index (κ2) is 33.7. The Morgan fingerprint density at radius 3 is 2.30 bits per heavy atom. The molecule has 0 spiro atoms. The fraction of sp³-hybridized carbons (Fsp3) is 0.565. The zero-order valence-electron chi connectivity index (χ0n) is 53.8. The summed E-state index contributed by atoms with van der Waals surface area (Å²) in [5.41, 5.74) is 3.78. The van der Waals surface area contributed by atoms with Gasteiger partial charge < -0.3 is 85.2 Å². The van der Waals surface area contributed by atoms with Crippen LogP contribution in [-0.2, 0) is 73.2 Å². The second-order valence-corrected chi connectivity index (χ2v) is 24.3. The first kappa shape index (κ1) is 74.0. The maximum Gasteiger partial charge on any atom is 0.409 e. The van der Waals surface area contributed by atoms with Crippen LogP contribution in [0.3, 0.4) is 0 Å². The number of benzene rings is 2. The molecular formula is C62H85ClN10O19S. The predicted molar refractivity (Wildman–Crippen MR) is 340 cm³/mol. The molecule has 4 heterocycles. The fourth-order valence-corrected chi connectivity index (χ4v) is 11.2. The summed E-state index contributed by atoms with van der Waals surface area (Å²) >= 11 is 12.4. The highest BCUT2D eigenvalue weighted by Gasteiger charge is 2.64. The normalized spacial score (nSPS) is 24.1. The van der Waals surface area contributed by atoms with Crippen LogP contribution in [0.2, 0.25) is 5.02 Å². The number of allylic oxidation sites excluding steroid dienone is 3. The van der Waals surface area contributed by atoms with Crippen LogP contribution < -0.4 is 47.3 Å². The minimum atomic E-state index is -1.94. The van der Waals surface area contributed by atoms with Gasteiger partial charge >= 0.3 is 24.1 Å². The SMILES string of the molecule is COc1cc2cc(c1Cl)N(C)C(=O)C[C@H](OC(=O)[C@H](C)N(C)C(=O)c1ccccc1NC(=O)[C@H](CCCNC(N)=O)NC(=O)[C@@H](NC(=S)NCCOCCOCCC(=O)ON1C(=O)CCC1=O)C(C)C)[C@]1(C)O[C@H]1[C@H](C)[C@@H]1C[C@@](O)(NC(=O)O1)[C@H](OC)/C=C/C=C(\C)C2. The van der Waals surface area contributed by atoms with E-state index in [1.165, 1.54) is 52.3 Å². The van der Waals surface area contributed by atoms with Crippen molar-refractivity contribution < 1.29 is 91.0 Å². The van der Waals surface area contributed by atoms with Crippen molar-refractivity contribution in [3.05, 3.63) is 76.3 Å². The molecule has 0 aromatic heterocycles. The van der Waals surface area contributed by atoms with E-state index in [1.54, 1.807) is 64.1 Å². The smallest absolute Gasteiger partial charge is 0.409 e. The molecular weight excluding hydrogens is 1260 g/mol. The molecule has 2 aromatic rings. The molecule has 9 N–H and O–H groups in total. The first-order chi connectivity index (χ1) is 44.0. The van der Waals surface area contributed by atoms with E-state index < -0.39 is 126 Å². The Hall–Kier alpha value is -8.00. The van der Waals surface area contributed by atoms with E-state index in [0.29, 0.717) is 22.9 Å². The second-order valence-electron chi connectivity index (χ2n) is 23.5. The Morgan fingerprint density at radius 2 is 1.63 bits per heavy atom. The first-order valence-electron chi connectivity index (χ1n) is 30.4. The highest BCUT2D eigenvalue weighted by molar-refractivity contribution is 7.80. The number of fused-ring (bicyclic) bond motifs is 5. The lowest BCUT2D eigenvalue weighted by atomic mass is 9.83. The Kier molecular flexibility index (Phi) is 26.8. The number of hydroxylamine groups is 2.